The first kappa shape index (κ1) is 11.4. The molecule has 1 aliphatic rings. The van der Waals surface area contributed by atoms with Gasteiger partial charge in [0.05, 0.1) is 13.2 Å². The second kappa shape index (κ2) is 4.91. The minimum Gasteiger partial charge on any atom is -0.381 e. The predicted molar refractivity (Wildman–Crippen MR) is 63.7 cm³/mol. The summed E-state index contributed by atoms with van der Waals surface area (Å²) in [6.07, 6.45) is 5.02. The Morgan fingerprint density at radius 1 is 1.44 bits per heavy atom. The van der Waals surface area contributed by atoms with Crippen LogP contribution in [0.25, 0.3) is 0 Å². The molecule has 0 radical (unpaired) electrons. The first-order chi connectivity index (χ1) is 8.88. The second-order valence-electron chi connectivity index (χ2n) is 4.45. The Bertz CT molecular complexity index is 488. The third-order valence-electron chi connectivity index (χ3n) is 3.28. The minimum absolute atomic E-state index is 0.0373. The fourth-order valence-electron chi connectivity index (χ4n) is 2.38. The average Bonchev–Trinajstić information content (AvgIpc) is 3.13. The van der Waals surface area contributed by atoms with Crippen LogP contribution in [0, 0.1) is 5.92 Å². The molecule has 0 aromatic carbocycles. The summed E-state index contributed by atoms with van der Waals surface area (Å²) in [6, 6.07) is 4.02. The molecule has 1 fully saturated rings. The van der Waals surface area contributed by atoms with Crippen LogP contribution >= 0.6 is 0 Å². The summed E-state index contributed by atoms with van der Waals surface area (Å²) in [4.78, 5) is 4.35. The first-order valence-electron chi connectivity index (χ1n) is 6.11. The zero-order chi connectivity index (χ0) is 12.4. The van der Waals surface area contributed by atoms with Gasteiger partial charge in [-0.1, -0.05) is 5.16 Å². The maximum Gasteiger partial charge on any atom is 0.250 e. The maximum absolute atomic E-state index is 5.52. The molecule has 96 valence electrons. The van der Waals surface area contributed by atoms with E-state index < -0.39 is 0 Å². The van der Waals surface area contributed by atoms with E-state index in [9.17, 15) is 0 Å². The van der Waals surface area contributed by atoms with Gasteiger partial charge < -0.3 is 19.6 Å². The molecule has 3 rings (SSSR count). The number of ether oxygens (including phenoxy) is 1. The molecule has 0 saturated carbocycles. The summed E-state index contributed by atoms with van der Waals surface area (Å²) in [5.41, 5.74) is 5.52. The van der Waals surface area contributed by atoms with Crippen LogP contribution in [-0.4, -0.2) is 27.9 Å². The van der Waals surface area contributed by atoms with E-state index in [4.69, 9.17) is 15.0 Å². The van der Waals surface area contributed by atoms with Crippen molar-refractivity contribution in [2.45, 2.75) is 19.0 Å². The van der Waals surface area contributed by atoms with Gasteiger partial charge in [-0.2, -0.15) is 4.98 Å². The summed E-state index contributed by atoms with van der Waals surface area (Å²) in [7, 11) is 0. The van der Waals surface area contributed by atoms with Crippen LogP contribution in [0.4, 0.5) is 0 Å². The smallest absolute Gasteiger partial charge is 0.250 e. The van der Waals surface area contributed by atoms with Crippen molar-refractivity contribution in [3.05, 3.63) is 36.2 Å². The molecule has 2 aromatic rings. The van der Waals surface area contributed by atoms with E-state index in [1.54, 1.807) is 0 Å². The van der Waals surface area contributed by atoms with Gasteiger partial charge >= 0.3 is 0 Å². The van der Waals surface area contributed by atoms with Crippen molar-refractivity contribution in [3.63, 3.8) is 0 Å². The molecule has 1 saturated heterocycles. The van der Waals surface area contributed by atoms with Gasteiger partial charge in [0.25, 0.3) is 0 Å². The molecular weight excluding hydrogens is 232 g/mol. The minimum atomic E-state index is 0.0373. The van der Waals surface area contributed by atoms with Gasteiger partial charge in [-0.3, -0.25) is 0 Å². The van der Waals surface area contributed by atoms with Crippen molar-refractivity contribution in [1.29, 1.82) is 0 Å². The van der Waals surface area contributed by atoms with Crippen molar-refractivity contribution >= 4 is 0 Å². The third-order valence-corrected chi connectivity index (χ3v) is 3.28. The number of hydrogen-bond acceptors (Lipinski definition) is 5. The highest BCUT2D eigenvalue weighted by Crippen LogP contribution is 2.31. The van der Waals surface area contributed by atoms with Crippen molar-refractivity contribution in [3.8, 4) is 0 Å². The van der Waals surface area contributed by atoms with E-state index in [0.717, 1.165) is 19.6 Å². The van der Waals surface area contributed by atoms with E-state index in [1.807, 2.05) is 24.5 Å². The summed E-state index contributed by atoms with van der Waals surface area (Å²) < 4.78 is 12.9. The molecule has 0 spiro atoms. The van der Waals surface area contributed by atoms with Gasteiger partial charge in [-0.05, 0) is 18.6 Å². The summed E-state index contributed by atoms with van der Waals surface area (Å²) >= 11 is 0. The lowest BCUT2D eigenvalue weighted by Gasteiger charge is -2.20. The Kier molecular flexibility index (Phi) is 3.12. The second-order valence-corrected chi connectivity index (χ2v) is 4.45. The van der Waals surface area contributed by atoms with E-state index in [2.05, 4.69) is 14.7 Å². The molecule has 0 amide bonds. The lowest BCUT2D eigenvalue weighted by molar-refractivity contribution is 0.171. The lowest BCUT2D eigenvalue weighted by atomic mass is 9.99. The predicted octanol–water partition coefficient (Wildman–Crippen LogP) is 0.956. The molecule has 1 aliphatic heterocycles. The van der Waals surface area contributed by atoms with Crippen molar-refractivity contribution < 1.29 is 9.26 Å². The van der Waals surface area contributed by atoms with Crippen LogP contribution in [0.2, 0.25) is 0 Å². The highest BCUT2D eigenvalue weighted by molar-refractivity contribution is 5.04. The number of hydrogen-bond donors (Lipinski definition) is 1. The largest absolute Gasteiger partial charge is 0.381 e. The van der Waals surface area contributed by atoms with Gasteiger partial charge in [0.2, 0.25) is 5.89 Å². The Morgan fingerprint density at radius 3 is 2.89 bits per heavy atom. The quantitative estimate of drug-likeness (QED) is 0.871. The Labute approximate surface area is 105 Å². The molecular formula is C12H16N4O2. The van der Waals surface area contributed by atoms with Gasteiger partial charge in [-0.25, -0.2) is 0 Å². The third kappa shape index (κ3) is 2.04. The number of aromatic nitrogens is 3. The molecule has 18 heavy (non-hydrogen) atoms. The van der Waals surface area contributed by atoms with Crippen molar-refractivity contribution in [2.75, 3.05) is 13.2 Å². The molecule has 6 nitrogen and oxygen atoms in total. The van der Waals surface area contributed by atoms with Crippen LogP contribution in [0.15, 0.2) is 29.0 Å². The Hall–Kier alpha value is -1.66. The van der Waals surface area contributed by atoms with Crippen LogP contribution in [0.5, 0.6) is 0 Å². The molecule has 2 N–H and O–H groups in total. The van der Waals surface area contributed by atoms with Crippen LogP contribution in [-0.2, 0) is 11.3 Å². The summed E-state index contributed by atoms with van der Waals surface area (Å²) in [5, 5.41) is 3.87. The topological polar surface area (TPSA) is 79.1 Å². The lowest BCUT2D eigenvalue weighted by Crippen LogP contribution is -2.20. The first-order valence-corrected chi connectivity index (χ1v) is 6.11. The molecule has 0 bridgehead atoms. The number of nitrogens with zero attached hydrogens (tertiary/aromatic N) is 3. The van der Waals surface area contributed by atoms with Crippen LogP contribution in [0.1, 0.15) is 24.2 Å². The Morgan fingerprint density at radius 2 is 2.28 bits per heavy atom. The fourth-order valence-corrected chi connectivity index (χ4v) is 2.38. The van der Waals surface area contributed by atoms with E-state index in [0.29, 0.717) is 24.2 Å². The fraction of sp³-hybridized carbons (Fsp3) is 0.500. The molecule has 3 heterocycles. The van der Waals surface area contributed by atoms with Gasteiger partial charge in [0, 0.05) is 24.9 Å². The van der Waals surface area contributed by atoms with Gasteiger partial charge in [0.1, 0.15) is 6.04 Å². The van der Waals surface area contributed by atoms with Crippen LogP contribution < -0.4 is 5.73 Å². The zero-order valence-corrected chi connectivity index (χ0v) is 10.0. The number of nitrogens with two attached hydrogens (primary N) is 1. The van der Waals surface area contributed by atoms with E-state index in [1.165, 1.54) is 0 Å². The molecule has 0 unspecified atom stereocenters. The summed E-state index contributed by atoms with van der Waals surface area (Å²) in [6.45, 7) is 1.81. The van der Waals surface area contributed by atoms with Crippen molar-refractivity contribution in [2.24, 2.45) is 11.7 Å². The normalized spacial score (nSPS) is 21.3. The average molecular weight is 248 g/mol. The van der Waals surface area contributed by atoms with Crippen molar-refractivity contribution in [1.82, 2.24) is 14.7 Å². The highest BCUT2D eigenvalue weighted by Gasteiger charge is 2.32. The van der Waals surface area contributed by atoms with Gasteiger partial charge in [0.15, 0.2) is 5.82 Å². The van der Waals surface area contributed by atoms with E-state index in [-0.39, 0.29) is 6.04 Å². The zero-order valence-electron chi connectivity index (χ0n) is 10.0. The van der Waals surface area contributed by atoms with Gasteiger partial charge in [-0.15, -0.1) is 0 Å². The monoisotopic (exact) mass is 248 g/mol. The molecule has 6 heteroatoms. The van der Waals surface area contributed by atoms with E-state index >= 15 is 0 Å². The maximum atomic E-state index is 5.52. The standard InChI is InChI=1S/C12H16N4O2/c13-7-10-14-12(18-15-10)11(9-3-6-17-8-9)16-4-1-2-5-16/h1-2,4-5,9,11H,3,6-8,13H2/t9-,11+/m1/s1. The summed E-state index contributed by atoms with van der Waals surface area (Å²) in [5.74, 6) is 1.52. The number of rotatable bonds is 4. The molecule has 2 aromatic heterocycles. The molecule has 2 atom stereocenters. The SMILES string of the molecule is NCc1noc([C@H]([C@@H]2CCOC2)n2cccc2)n1. The highest BCUT2D eigenvalue weighted by atomic mass is 16.5. The molecule has 0 aliphatic carbocycles. The van der Waals surface area contributed by atoms with Crippen LogP contribution in [0.3, 0.4) is 0 Å². The Balaban J connectivity index is 1.93.